The van der Waals surface area contributed by atoms with Crippen molar-refractivity contribution in [3.05, 3.63) is 11.6 Å². The second kappa shape index (κ2) is 1.09. The SMILES string of the molecule is CC=C1CC1O. The highest BCUT2D eigenvalue weighted by atomic mass is 16.3. The van der Waals surface area contributed by atoms with Crippen molar-refractivity contribution in [3.8, 4) is 0 Å². The van der Waals surface area contributed by atoms with Gasteiger partial charge in [0, 0.05) is 6.42 Å². The van der Waals surface area contributed by atoms with Crippen molar-refractivity contribution < 1.29 is 5.11 Å². The molecule has 1 N–H and O–H groups in total. The van der Waals surface area contributed by atoms with E-state index in [0.717, 1.165) is 6.42 Å². The Morgan fingerprint density at radius 2 is 2.50 bits per heavy atom. The summed E-state index contributed by atoms with van der Waals surface area (Å²) < 4.78 is 0. The smallest absolute Gasteiger partial charge is 0.0789 e. The molecule has 0 bridgehead atoms. The van der Waals surface area contributed by atoms with E-state index in [0.29, 0.717) is 0 Å². The van der Waals surface area contributed by atoms with E-state index < -0.39 is 0 Å². The predicted molar refractivity (Wildman–Crippen MR) is 24.4 cm³/mol. The fraction of sp³-hybridized carbons (Fsp3) is 0.600. The monoisotopic (exact) mass is 84.1 g/mol. The van der Waals surface area contributed by atoms with Gasteiger partial charge in [-0.25, -0.2) is 0 Å². The van der Waals surface area contributed by atoms with Gasteiger partial charge in [-0.2, -0.15) is 0 Å². The van der Waals surface area contributed by atoms with Gasteiger partial charge in [0.15, 0.2) is 0 Å². The maximum atomic E-state index is 8.56. The van der Waals surface area contributed by atoms with E-state index >= 15 is 0 Å². The summed E-state index contributed by atoms with van der Waals surface area (Å²) in [4.78, 5) is 0. The van der Waals surface area contributed by atoms with E-state index in [1.807, 2.05) is 13.0 Å². The first kappa shape index (κ1) is 3.88. The average Bonchev–Trinajstić information content (AvgIpc) is 2.19. The molecular formula is C5H8O. The zero-order chi connectivity index (χ0) is 4.57. The molecule has 0 aromatic heterocycles. The Morgan fingerprint density at radius 3 is 2.50 bits per heavy atom. The molecule has 34 valence electrons. The zero-order valence-electron chi connectivity index (χ0n) is 3.81. The van der Waals surface area contributed by atoms with Gasteiger partial charge in [-0.15, -0.1) is 0 Å². The molecule has 1 unspecified atom stereocenters. The van der Waals surface area contributed by atoms with Gasteiger partial charge in [-0.3, -0.25) is 0 Å². The van der Waals surface area contributed by atoms with Gasteiger partial charge in [0.25, 0.3) is 0 Å². The summed E-state index contributed by atoms with van der Waals surface area (Å²) in [6.45, 7) is 1.95. The summed E-state index contributed by atoms with van der Waals surface area (Å²) in [7, 11) is 0. The van der Waals surface area contributed by atoms with Crippen LogP contribution in [0.1, 0.15) is 13.3 Å². The predicted octanol–water partition coefficient (Wildman–Crippen LogP) is 0.697. The first-order valence-corrected chi connectivity index (χ1v) is 2.17. The maximum absolute atomic E-state index is 8.56. The van der Waals surface area contributed by atoms with Crippen LogP contribution >= 0.6 is 0 Å². The van der Waals surface area contributed by atoms with Crippen molar-refractivity contribution in [1.29, 1.82) is 0 Å². The first-order chi connectivity index (χ1) is 2.84. The van der Waals surface area contributed by atoms with Crippen LogP contribution in [-0.4, -0.2) is 11.2 Å². The highest BCUT2D eigenvalue weighted by Crippen LogP contribution is 2.27. The second-order valence-corrected chi connectivity index (χ2v) is 1.58. The van der Waals surface area contributed by atoms with Crippen LogP contribution in [0.2, 0.25) is 0 Å². The van der Waals surface area contributed by atoms with Gasteiger partial charge < -0.3 is 5.11 Å². The van der Waals surface area contributed by atoms with E-state index in [-0.39, 0.29) is 6.10 Å². The quantitative estimate of drug-likeness (QED) is 0.428. The Bertz CT molecular complexity index is 83.9. The molecule has 1 saturated carbocycles. The Balaban J connectivity index is 2.44. The number of aliphatic hydroxyl groups excluding tert-OH is 1. The largest absolute Gasteiger partial charge is 0.388 e. The Labute approximate surface area is 37.3 Å². The zero-order valence-corrected chi connectivity index (χ0v) is 3.81. The van der Waals surface area contributed by atoms with Crippen LogP contribution in [0.5, 0.6) is 0 Å². The summed E-state index contributed by atoms with van der Waals surface area (Å²) in [5.41, 5.74) is 1.19. The molecule has 1 aliphatic carbocycles. The molecule has 0 spiro atoms. The molecule has 0 aromatic rings. The lowest BCUT2D eigenvalue weighted by Crippen LogP contribution is -1.69. The molecule has 0 radical (unpaired) electrons. The van der Waals surface area contributed by atoms with Gasteiger partial charge >= 0.3 is 0 Å². The molecule has 0 saturated heterocycles. The summed E-state index contributed by atoms with van der Waals surface area (Å²) in [5.74, 6) is 0. The summed E-state index contributed by atoms with van der Waals surface area (Å²) in [6, 6.07) is 0. The third kappa shape index (κ3) is 0.455. The van der Waals surface area contributed by atoms with Crippen LogP contribution in [0, 0.1) is 0 Å². The number of hydrogen-bond acceptors (Lipinski definition) is 1. The lowest BCUT2D eigenvalue weighted by Gasteiger charge is -1.65. The van der Waals surface area contributed by atoms with Crippen molar-refractivity contribution in [2.45, 2.75) is 19.4 Å². The molecule has 0 heterocycles. The van der Waals surface area contributed by atoms with E-state index in [1.54, 1.807) is 0 Å². The van der Waals surface area contributed by atoms with Gasteiger partial charge in [0.2, 0.25) is 0 Å². The molecule has 1 rings (SSSR count). The average molecular weight is 84.1 g/mol. The normalized spacial score (nSPS) is 37.7. The molecular weight excluding hydrogens is 76.1 g/mol. The van der Waals surface area contributed by atoms with E-state index in [1.165, 1.54) is 5.57 Å². The minimum atomic E-state index is -0.0741. The molecule has 6 heavy (non-hydrogen) atoms. The van der Waals surface area contributed by atoms with E-state index in [2.05, 4.69) is 0 Å². The highest BCUT2D eigenvalue weighted by molar-refractivity contribution is 5.23. The van der Waals surface area contributed by atoms with Crippen molar-refractivity contribution in [2.24, 2.45) is 0 Å². The third-order valence-corrected chi connectivity index (χ3v) is 1.07. The summed E-state index contributed by atoms with van der Waals surface area (Å²) >= 11 is 0. The third-order valence-electron chi connectivity index (χ3n) is 1.07. The van der Waals surface area contributed by atoms with Gasteiger partial charge in [0.1, 0.15) is 0 Å². The number of aliphatic hydroxyl groups is 1. The summed E-state index contributed by atoms with van der Waals surface area (Å²) in [5, 5.41) is 8.56. The summed E-state index contributed by atoms with van der Waals surface area (Å²) in [6.07, 6.45) is 2.80. The van der Waals surface area contributed by atoms with Crippen molar-refractivity contribution in [2.75, 3.05) is 0 Å². The molecule has 1 aliphatic rings. The van der Waals surface area contributed by atoms with Crippen LogP contribution in [0.25, 0.3) is 0 Å². The lowest BCUT2D eigenvalue weighted by atomic mass is 10.5. The van der Waals surface area contributed by atoms with Crippen molar-refractivity contribution >= 4 is 0 Å². The topological polar surface area (TPSA) is 20.2 Å². The first-order valence-electron chi connectivity index (χ1n) is 2.17. The molecule has 1 atom stereocenters. The standard InChI is InChI=1S/C5H8O/c1-2-4-3-5(4)6/h2,5-6H,3H2,1H3. The van der Waals surface area contributed by atoms with E-state index in [4.69, 9.17) is 5.11 Å². The molecule has 1 heteroatoms. The molecule has 0 aliphatic heterocycles. The van der Waals surface area contributed by atoms with Crippen molar-refractivity contribution in [1.82, 2.24) is 0 Å². The fourth-order valence-electron chi connectivity index (χ4n) is 0.475. The highest BCUT2D eigenvalue weighted by Gasteiger charge is 2.24. The lowest BCUT2D eigenvalue weighted by molar-refractivity contribution is 0.290. The minimum Gasteiger partial charge on any atom is -0.388 e. The minimum absolute atomic E-state index is 0.0741. The second-order valence-electron chi connectivity index (χ2n) is 1.58. The van der Waals surface area contributed by atoms with E-state index in [9.17, 15) is 0 Å². The van der Waals surface area contributed by atoms with Crippen LogP contribution in [0.3, 0.4) is 0 Å². The van der Waals surface area contributed by atoms with Crippen LogP contribution in [0.15, 0.2) is 11.6 Å². The van der Waals surface area contributed by atoms with Gasteiger partial charge in [-0.1, -0.05) is 6.08 Å². The van der Waals surface area contributed by atoms with Gasteiger partial charge in [0.05, 0.1) is 6.10 Å². The Kier molecular flexibility index (Phi) is 0.701. The molecule has 1 nitrogen and oxygen atoms in total. The van der Waals surface area contributed by atoms with Crippen LogP contribution in [-0.2, 0) is 0 Å². The Morgan fingerprint density at radius 1 is 2.00 bits per heavy atom. The number of rotatable bonds is 0. The van der Waals surface area contributed by atoms with Crippen molar-refractivity contribution in [3.63, 3.8) is 0 Å². The number of hydrogen-bond donors (Lipinski definition) is 1. The Hall–Kier alpha value is -0.300. The molecule has 1 fully saturated rings. The molecule has 0 amide bonds. The molecule has 0 aromatic carbocycles. The van der Waals surface area contributed by atoms with Gasteiger partial charge in [-0.05, 0) is 12.5 Å². The van der Waals surface area contributed by atoms with Crippen LogP contribution < -0.4 is 0 Å². The maximum Gasteiger partial charge on any atom is 0.0789 e. The van der Waals surface area contributed by atoms with Crippen LogP contribution in [0.4, 0.5) is 0 Å². The number of allylic oxidation sites excluding steroid dienone is 1. The fourth-order valence-corrected chi connectivity index (χ4v) is 0.475.